The summed E-state index contributed by atoms with van der Waals surface area (Å²) in [6.45, 7) is 0.0993. The number of para-hydroxylation sites is 1. The molecule has 0 fully saturated rings. The Morgan fingerprint density at radius 2 is 2.00 bits per heavy atom. The van der Waals surface area contributed by atoms with Crippen molar-refractivity contribution in [2.45, 2.75) is 6.54 Å². The number of nitrogens with one attached hydrogen (secondary N) is 2. The minimum Gasteiger partial charge on any atom is -0.394 e. The van der Waals surface area contributed by atoms with E-state index in [-0.39, 0.29) is 13.2 Å². The van der Waals surface area contributed by atoms with Crippen molar-refractivity contribution in [1.82, 2.24) is 14.8 Å². The van der Waals surface area contributed by atoms with Crippen LogP contribution < -0.4 is 11.0 Å². The topological polar surface area (TPSA) is 90.9 Å². The van der Waals surface area contributed by atoms with Crippen molar-refractivity contribution in [3.8, 4) is 0 Å². The van der Waals surface area contributed by atoms with Gasteiger partial charge in [-0.2, -0.15) is 0 Å². The van der Waals surface area contributed by atoms with Gasteiger partial charge in [-0.3, -0.25) is 19.4 Å². The third-order valence-corrected chi connectivity index (χ3v) is 2.95. The zero-order valence-electron chi connectivity index (χ0n) is 9.43. The van der Waals surface area contributed by atoms with Gasteiger partial charge in [0.1, 0.15) is 5.65 Å². The first-order valence-electron chi connectivity index (χ1n) is 5.57. The summed E-state index contributed by atoms with van der Waals surface area (Å²) in [7, 11) is 0. The molecule has 6 heteroatoms. The fourth-order valence-electron chi connectivity index (χ4n) is 2.17. The summed E-state index contributed by atoms with van der Waals surface area (Å²) in [4.78, 5) is 26.6. The Labute approximate surface area is 100 Å². The van der Waals surface area contributed by atoms with Gasteiger partial charge in [0.2, 0.25) is 0 Å². The molecule has 0 saturated carbocycles. The van der Waals surface area contributed by atoms with Crippen molar-refractivity contribution < 1.29 is 5.11 Å². The van der Waals surface area contributed by atoms with E-state index >= 15 is 0 Å². The van der Waals surface area contributed by atoms with Crippen LogP contribution >= 0.6 is 0 Å². The van der Waals surface area contributed by atoms with Crippen molar-refractivity contribution in [3.05, 3.63) is 44.8 Å². The molecule has 0 radical (unpaired) electrons. The molecule has 0 unspecified atom stereocenters. The number of H-pyrrole nitrogens is 2. The Kier molecular flexibility index (Phi) is 2.31. The van der Waals surface area contributed by atoms with Crippen LogP contribution in [0.2, 0.25) is 0 Å². The number of hydrogen-bond donors (Lipinski definition) is 3. The number of benzene rings is 1. The van der Waals surface area contributed by atoms with Gasteiger partial charge in [0.15, 0.2) is 0 Å². The van der Waals surface area contributed by atoms with E-state index in [1.165, 1.54) is 4.68 Å². The van der Waals surface area contributed by atoms with E-state index in [1.54, 1.807) is 6.07 Å². The molecule has 2 heterocycles. The Bertz CT molecular complexity index is 841. The van der Waals surface area contributed by atoms with E-state index < -0.39 is 11.0 Å². The smallest absolute Gasteiger partial charge is 0.311 e. The summed E-state index contributed by atoms with van der Waals surface area (Å²) in [6.07, 6.45) is 0. The Morgan fingerprint density at radius 1 is 1.22 bits per heavy atom. The maximum Gasteiger partial charge on any atom is 0.311 e. The number of aliphatic hydroxyl groups is 1. The van der Waals surface area contributed by atoms with Crippen LogP contribution in [0.3, 0.4) is 0 Å². The first-order valence-corrected chi connectivity index (χ1v) is 5.57. The molecular formula is C12H11N3O3. The van der Waals surface area contributed by atoms with E-state index in [0.717, 1.165) is 10.9 Å². The van der Waals surface area contributed by atoms with Gasteiger partial charge in [0.25, 0.3) is 5.43 Å². The molecule has 18 heavy (non-hydrogen) atoms. The number of fused-ring (bicyclic) bond motifs is 3. The Hall–Kier alpha value is -2.34. The second-order valence-corrected chi connectivity index (χ2v) is 4.04. The van der Waals surface area contributed by atoms with Gasteiger partial charge in [-0.1, -0.05) is 18.2 Å². The van der Waals surface area contributed by atoms with Crippen LogP contribution in [0.5, 0.6) is 0 Å². The van der Waals surface area contributed by atoms with E-state index in [1.807, 2.05) is 18.2 Å². The number of aliphatic hydroxyl groups excluding tert-OH is 1. The fourth-order valence-corrected chi connectivity index (χ4v) is 2.17. The summed E-state index contributed by atoms with van der Waals surface area (Å²) >= 11 is 0. The summed E-state index contributed by atoms with van der Waals surface area (Å²) in [5.74, 6) is 0. The minimum absolute atomic E-state index is 0.122. The van der Waals surface area contributed by atoms with Crippen LogP contribution in [-0.2, 0) is 6.54 Å². The first kappa shape index (κ1) is 10.8. The molecule has 0 amide bonds. The SMILES string of the molecule is O=c1[nH]n(CCO)c2[nH]c3ccccc3c2c1=O. The lowest BCUT2D eigenvalue weighted by molar-refractivity contribution is 0.270. The predicted molar refractivity (Wildman–Crippen MR) is 67.8 cm³/mol. The van der Waals surface area contributed by atoms with Crippen molar-refractivity contribution in [2.75, 3.05) is 6.61 Å². The predicted octanol–water partition coefficient (Wildman–Crippen LogP) is 0.163. The molecule has 3 aromatic rings. The molecular weight excluding hydrogens is 234 g/mol. The zero-order chi connectivity index (χ0) is 12.7. The first-order chi connectivity index (χ1) is 8.72. The van der Waals surface area contributed by atoms with Gasteiger partial charge in [-0.15, -0.1) is 0 Å². The molecule has 0 aliphatic carbocycles. The van der Waals surface area contributed by atoms with Crippen molar-refractivity contribution in [2.24, 2.45) is 0 Å². The van der Waals surface area contributed by atoms with Gasteiger partial charge < -0.3 is 10.1 Å². The summed E-state index contributed by atoms with van der Waals surface area (Å²) in [6, 6.07) is 7.29. The van der Waals surface area contributed by atoms with E-state index in [0.29, 0.717) is 11.0 Å². The Balaban J connectivity index is 2.57. The summed E-state index contributed by atoms with van der Waals surface area (Å²) < 4.78 is 1.46. The maximum atomic E-state index is 11.9. The van der Waals surface area contributed by atoms with Crippen molar-refractivity contribution in [1.29, 1.82) is 0 Å². The quantitative estimate of drug-likeness (QED) is 0.562. The zero-order valence-corrected chi connectivity index (χ0v) is 9.43. The third-order valence-electron chi connectivity index (χ3n) is 2.95. The number of rotatable bonds is 2. The molecule has 0 aliphatic heterocycles. The molecule has 0 spiro atoms. The standard InChI is InChI=1S/C12H11N3O3/c16-6-5-15-11-9(10(17)12(18)14-15)7-3-1-2-4-8(7)13-11/h1-4,13,16H,5-6H2,(H,14,18). The molecule has 3 N–H and O–H groups in total. The molecule has 3 rings (SSSR count). The highest BCUT2D eigenvalue weighted by Gasteiger charge is 2.12. The van der Waals surface area contributed by atoms with Gasteiger partial charge in [0, 0.05) is 10.9 Å². The van der Waals surface area contributed by atoms with Gasteiger partial charge >= 0.3 is 5.56 Å². The average molecular weight is 245 g/mol. The minimum atomic E-state index is -0.680. The summed E-state index contributed by atoms with van der Waals surface area (Å²) in [5, 5.41) is 12.5. The highest BCUT2D eigenvalue weighted by Crippen LogP contribution is 2.20. The van der Waals surface area contributed by atoms with Crippen LogP contribution in [0.15, 0.2) is 33.9 Å². The van der Waals surface area contributed by atoms with Crippen LogP contribution in [0.4, 0.5) is 0 Å². The van der Waals surface area contributed by atoms with Gasteiger partial charge in [-0.05, 0) is 6.07 Å². The van der Waals surface area contributed by atoms with Gasteiger partial charge in [-0.25, -0.2) is 0 Å². The lowest BCUT2D eigenvalue weighted by atomic mass is 10.2. The van der Waals surface area contributed by atoms with Gasteiger partial charge in [0.05, 0.1) is 18.5 Å². The molecule has 0 bridgehead atoms. The van der Waals surface area contributed by atoms with E-state index in [2.05, 4.69) is 10.1 Å². The Morgan fingerprint density at radius 3 is 2.78 bits per heavy atom. The molecule has 0 atom stereocenters. The highest BCUT2D eigenvalue weighted by molar-refractivity contribution is 6.05. The van der Waals surface area contributed by atoms with Crippen molar-refractivity contribution in [3.63, 3.8) is 0 Å². The third kappa shape index (κ3) is 1.39. The number of aromatic amines is 2. The monoisotopic (exact) mass is 245 g/mol. The molecule has 1 aromatic carbocycles. The molecule has 0 aliphatic rings. The van der Waals surface area contributed by atoms with Crippen molar-refractivity contribution >= 4 is 21.9 Å². The number of hydrogen-bond acceptors (Lipinski definition) is 3. The average Bonchev–Trinajstić information content (AvgIpc) is 2.75. The highest BCUT2D eigenvalue weighted by atomic mass is 16.3. The second kappa shape index (κ2) is 3.85. The molecule has 92 valence electrons. The van der Waals surface area contributed by atoms with Crippen LogP contribution in [0.1, 0.15) is 0 Å². The van der Waals surface area contributed by atoms with Crippen LogP contribution in [0.25, 0.3) is 21.9 Å². The van der Waals surface area contributed by atoms with Crippen LogP contribution in [-0.4, -0.2) is 26.5 Å². The lowest BCUT2D eigenvalue weighted by Crippen LogP contribution is -2.31. The maximum absolute atomic E-state index is 11.9. The number of aromatic nitrogens is 3. The molecule has 2 aromatic heterocycles. The molecule has 0 saturated heterocycles. The number of nitrogens with zero attached hydrogens (tertiary/aromatic N) is 1. The molecule has 6 nitrogen and oxygen atoms in total. The van der Waals surface area contributed by atoms with Crippen LogP contribution in [0, 0.1) is 0 Å². The van der Waals surface area contributed by atoms with E-state index in [9.17, 15) is 9.59 Å². The van der Waals surface area contributed by atoms with E-state index in [4.69, 9.17) is 5.11 Å². The lowest BCUT2D eigenvalue weighted by Gasteiger charge is -2.04. The normalized spacial score (nSPS) is 11.4. The largest absolute Gasteiger partial charge is 0.394 e. The fraction of sp³-hybridized carbons (Fsp3) is 0.167. The summed E-state index contributed by atoms with van der Waals surface area (Å²) in [5.41, 5.74) is 0.0717. The second-order valence-electron chi connectivity index (χ2n) is 4.04.